The molecule has 0 aliphatic carbocycles. The lowest BCUT2D eigenvalue weighted by molar-refractivity contribution is 0.0697. The minimum atomic E-state index is -1.06. The highest BCUT2D eigenvalue weighted by molar-refractivity contribution is 5.95. The van der Waals surface area contributed by atoms with E-state index in [1.54, 1.807) is 30.3 Å². The number of nitrogens with two attached hydrogens (primary N) is 2. The van der Waals surface area contributed by atoms with Crippen LogP contribution in [-0.2, 0) is 0 Å². The fourth-order valence-electron chi connectivity index (χ4n) is 4.43. The van der Waals surface area contributed by atoms with Crippen LogP contribution in [0.1, 0.15) is 10.4 Å². The molecule has 1 heterocycles. The van der Waals surface area contributed by atoms with Gasteiger partial charge in [-0.2, -0.15) is 0 Å². The van der Waals surface area contributed by atoms with Crippen molar-refractivity contribution in [1.29, 1.82) is 0 Å². The van der Waals surface area contributed by atoms with Crippen LogP contribution in [0.15, 0.2) is 115 Å². The Labute approximate surface area is 235 Å². The Balaban J connectivity index is 1.61. The molecule has 0 amide bonds. The van der Waals surface area contributed by atoms with Gasteiger partial charge >= 0.3 is 5.97 Å². The van der Waals surface area contributed by atoms with Gasteiger partial charge in [0.2, 0.25) is 0 Å². The summed E-state index contributed by atoms with van der Waals surface area (Å²) in [5, 5.41) is 9.59. The molecular formula is C33H24N4O4. The Kier molecular flexibility index (Phi) is 6.63. The first-order valence-corrected chi connectivity index (χ1v) is 12.8. The number of carbonyl (C=O) groups is 1. The number of carboxylic acid groups (broad SMARTS) is 1. The Morgan fingerprint density at radius 3 is 1.56 bits per heavy atom. The van der Waals surface area contributed by atoms with Gasteiger partial charge in [-0.15, -0.1) is 0 Å². The van der Waals surface area contributed by atoms with Crippen LogP contribution in [0, 0.1) is 0 Å². The molecule has 0 atom stereocenters. The third-order valence-electron chi connectivity index (χ3n) is 6.37. The number of aromatic carboxylic acids is 1. The number of ether oxygens (including phenoxy) is 2. The van der Waals surface area contributed by atoms with Crippen molar-refractivity contribution in [2.75, 3.05) is 11.5 Å². The Hall–Kier alpha value is -5.89. The van der Waals surface area contributed by atoms with E-state index in [4.69, 9.17) is 30.9 Å². The molecule has 200 valence electrons. The van der Waals surface area contributed by atoms with Gasteiger partial charge in [0.25, 0.3) is 0 Å². The summed E-state index contributed by atoms with van der Waals surface area (Å²) in [6.45, 7) is 0. The molecule has 0 aliphatic rings. The van der Waals surface area contributed by atoms with Crippen LogP contribution in [0.2, 0.25) is 0 Å². The van der Waals surface area contributed by atoms with E-state index < -0.39 is 5.97 Å². The number of carboxylic acids is 1. The highest BCUT2D eigenvalue weighted by Gasteiger charge is 2.21. The predicted octanol–water partition coefficient (Wildman–Crippen LogP) is 7.41. The number of rotatable bonds is 7. The number of para-hydroxylation sites is 2. The SMILES string of the molecule is Nc1ccc(-c2nc3ccc(C(=O)O)cc3nc2-c2ccc(N)cc2Oc2ccccc2)c(Oc2ccccc2)c1. The van der Waals surface area contributed by atoms with E-state index in [1.807, 2.05) is 72.8 Å². The minimum Gasteiger partial charge on any atom is -0.478 e. The predicted molar refractivity (Wildman–Crippen MR) is 159 cm³/mol. The number of hydrogen-bond acceptors (Lipinski definition) is 7. The summed E-state index contributed by atoms with van der Waals surface area (Å²) in [6, 6.07) is 33.9. The molecule has 6 aromatic rings. The van der Waals surface area contributed by atoms with Gasteiger partial charge in [-0.3, -0.25) is 0 Å². The molecule has 8 heteroatoms. The summed E-state index contributed by atoms with van der Waals surface area (Å²) in [5.41, 5.74) is 16.6. The topological polar surface area (TPSA) is 134 Å². The second-order valence-electron chi connectivity index (χ2n) is 9.27. The second-order valence-corrected chi connectivity index (χ2v) is 9.27. The lowest BCUT2D eigenvalue weighted by atomic mass is 10.0. The van der Waals surface area contributed by atoms with Crippen LogP contribution < -0.4 is 20.9 Å². The van der Waals surface area contributed by atoms with Crippen LogP contribution in [0.3, 0.4) is 0 Å². The fourth-order valence-corrected chi connectivity index (χ4v) is 4.43. The molecule has 0 aliphatic heterocycles. The molecule has 0 unspecified atom stereocenters. The zero-order valence-electron chi connectivity index (χ0n) is 21.7. The third kappa shape index (κ3) is 5.35. The van der Waals surface area contributed by atoms with E-state index >= 15 is 0 Å². The Morgan fingerprint density at radius 1 is 0.585 bits per heavy atom. The van der Waals surface area contributed by atoms with Crippen LogP contribution in [-0.4, -0.2) is 21.0 Å². The van der Waals surface area contributed by atoms with Gasteiger partial charge < -0.3 is 26.0 Å². The van der Waals surface area contributed by atoms with E-state index in [-0.39, 0.29) is 5.56 Å². The molecule has 0 spiro atoms. The molecule has 5 aromatic carbocycles. The highest BCUT2D eigenvalue weighted by atomic mass is 16.5. The van der Waals surface area contributed by atoms with E-state index in [0.717, 1.165) is 0 Å². The Bertz CT molecular complexity index is 1890. The average molecular weight is 541 g/mol. The number of hydrogen-bond donors (Lipinski definition) is 3. The fraction of sp³-hybridized carbons (Fsp3) is 0. The quantitative estimate of drug-likeness (QED) is 0.178. The lowest BCUT2D eigenvalue weighted by Crippen LogP contribution is -2.02. The maximum absolute atomic E-state index is 11.7. The summed E-state index contributed by atoms with van der Waals surface area (Å²) >= 11 is 0. The van der Waals surface area contributed by atoms with Gasteiger partial charge in [-0.25, -0.2) is 14.8 Å². The monoisotopic (exact) mass is 540 g/mol. The van der Waals surface area contributed by atoms with Crippen molar-refractivity contribution in [2.45, 2.75) is 0 Å². The normalized spacial score (nSPS) is 10.8. The zero-order chi connectivity index (χ0) is 28.3. The first-order chi connectivity index (χ1) is 19.9. The number of benzene rings is 5. The molecule has 6 rings (SSSR count). The molecule has 0 saturated carbocycles. The summed E-state index contributed by atoms with van der Waals surface area (Å²) in [6.07, 6.45) is 0. The van der Waals surface area contributed by atoms with Gasteiger partial charge in [-0.1, -0.05) is 36.4 Å². The molecule has 0 bridgehead atoms. The Morgan fingerprint density at radius 2 is 1.07 bits per heavy atom. The van der Waals surface area contributed by atoms with Gasteiger partial charge in [-0.05, 0) is 66.7 Å². The van der Waals surface area contributed by atoms with Crippen molar-refractivity contribution in [1.82, 2.24) is 9.97 Å². The maximum Gasteiger partial charge on any atom is 0.335 e. The average Bonchev–Trinajstić information content (AvgIpc) is 2.98. The molecule has 0 saturated heterocycles. The summed E-state index contributed by atoms with van der Waals surface area (Å²) in [5.74, 6) is 1.12. The molecule has 0 fully saturated rings. The third-order valence-corrected chi connectivity index (χ3v) is 6.37. The van der Waals surface area contributed by atoms with Crippen molar-refractivity contribution < 1.29 is 19.4 Å². The zero-order valence-corrected chi connectivity index (χ0v) is 21.7. The van der Waals surface area contributed by atoms with Gasteiger partial charge in [0.1, 0.15) is 34.4 Å². The van der Waals surface area contributed by atoms with E-state index in [2.05, 4.69) is 0 Å². The van der Waals surface area contributed by atoms with E-state index in [0.29, 0.717) is 67.9 Å². The van der Waals surface area contributed by atoms with Gasteiger partial charge in [0.05, 0.1) is 16.6 Å². The molecule has 41 heavy (non-hydrogen) atoms. The lowest BCUT2D eigenvalue weighted by Gasteiger charge is -2.17. The molecule has 1 aromatic heterocycles. The summed E-state index contributed by atoms with van der Waals surface area (Å²) < 4.78 is 12.5. The maximum atomic E-state index is 11.7. The van der Waals surface area contributed by atoms with Crippen molar-refractivity contribution in [3.05, 3.63) is 121 Å². The number of fused-ring (bicyclic) bond motifs is 1. The van der Waals surface area contributed by atoms with E-state index in [9.17, 15) is 9.90 Å². The first kappa shape index (κ1) is 25.4. The van der Waals surface area contributed by atoms with Crippen molar-refractivity contribution in [3.8, 4) is 45.5 Å². The van der Waals surface area contributed by atoms with Crippen LogP contribution in [0.4, 0.5) is 11.4 Å². The number of anilines is 2. The van der Waals surface area contributed by atoms with Crippen molar-refractivity contribution >= 4 is 28.4 Å². The van der Waals surface area contributed by atoms with Gasteiger partial charge in [0, 0.05) is 34.6 Å². The summed E-state index contributed by atoms with van der Waals surface area (Å²) in [7, 11) is 0. The molecule has 0 radical (unpaired) electrons. The first-order valence-electron chi connectivity index (χ1n) is 12.8. The van der Waals surface area contributed by atoms with Gasteiger partial charge in [0.15, 0.2) is 0 Å². The highest BCUT2D eigenvalue weighted by Crippen LogP contribution is 2.43. The number of nitrogen functional groups attached to an aromatic ring is 2. The van der Waals surface area contributed by atoms with Crippen LogP contribution in [0.25, 0.3) is 33.5 Å². The number of nitrogens with zero attached hydrogens (tertiary/aromatic N) is 2. The van der Waals surface area contributed by atoms with Crippen LogP contribution in [0.5, 0.6) is 23.0 Å². The smallest absolute Gasteiger partial charge is 0.335 e. The number of aromatic nitrogens is 2. The minimum absolute atomic E-state index is 0.101. The molecular weight excluding hydrogens is 516 g/mol. The molecule has 8 nitrogen and oxygen atoms in total. The van der Waals surface area contributed by atoms with Crippen LogP contribution >= 0.6 is 0 Å². The standard InChI is InChI=1S/C33H24N4O4/c34-21-12-14-25(29(18-21)40-23-7-3-1-4-8-23)31-32(37-28-17-20(33(38)39)11-16-27(28)36-31)26-15-13-22(35)19-30(26)41-24-9-5-2-6-10-24/h1-19H,34-35H2,(H,38,39). The van der Waals surface area contributed by atoms with Crippen molar-refractivity contribution in [2.24, 2.45) is 0 Å². The van der Waals surface area contributed by atoms with E-state index in [1.165, 1.54) is 12.1 Å². The molecule has 5 N–H and O–H groups in total. The second kappa shape index (κ2) is 10.7. The largest absolute Gasteiger partial charge is 0.478 e. The summed E-state index contributed by atoms with van der Waals surface area (Å²) in [4.78, 5) is 21.6. The van der Waals surface area contributed by atoms with Crippen molar-refractivity contribution in [3.63, 3.8) is 0 Å².